The SMILES string of the molecule is CC(C)Cc1c(CC(N)=O)[nH]c(=O)n(CCOC(F)(F)F)c1=S. The van der Waals surface area contributed by atoms with Gasteiger partial charge in [0.05, 0.1) is 19.6 Å². The molecular weight excluding hydrogens is 335 g/mol. The summed E-state index contributed by atoms with van der Waals surface area (Å²) in [5.74, 6) is -0.479. The van der Waals surface area contributed by atoms with Crippen molar-refractivity contribution >= 4 is 18.1 Å². The largest absolute Gasteiger partial charge is 0.522 e. The fraction of sp³-hybridized carbons (Fsp3) is 0.615. The van der Waals surface area contributed by atoms with Gasteiger partial charge in [0.15, 0.2) is 0 Å². The van der Waals surface area contributed by atoms with E-state index in [0.29, 0.717) is 17.7 Å². The number of aromatic nitrogens is 2. The second-order valence-corrected chi connectivity index (χ2v) is 5.77. The van der Waals surface area contributed by atoms with E-state index >= 15 is 0 Å². The molecule has 23 heavy (non-hydrogen) atoms. The lowest BCUT2D eigenvalue weighted by Gasteiger charge is -2.15. The molecule has 0 atom stereocenters. The molecule has 0 spiro atoms. The summed E-state index contributed by atoms with van der Waals surface area (Å²) in [6.07, 6.45) is -4.51. The van der Waals surface area contributed by atoms with Crippen LogP contribution in [-0.4, -0.2) is 28.4 Å². The number of aromatic amines is 1. The first-order valence-electron chi connectivity index (χ1n) is 6.85. The molecule has 1 amide bonds. The first-order valence-corrected chi connectivity index (χ1v) is 7.26. The summed E-state index contributed by atoms with van der Waals surface area (Å²) >= 11 is 5.20. The number of hydrogen-bond acceptors (Lipinski definition) is 4. The van der Waals surface area contributed by atoms with Crippen LogP contribution >= 0.6 is 12.2 Å². The van der Waals surface area contributed by atoms with Crippen LogP contribution in [0.4, 0.5) is 13.2 Å². The molecule has 0 bridgehead atoms. The fourth-order valence-corrected chi connectivity index (χ4v) is 2.44. The van der Waals surface area contributed by atoms with Crippen LogP contribution in [0.25, 0.3) is 0 Å². The number of primary amides is 1. The van der Waals surface area contributed by atoms with Crippen molar-refractivity contribution in [2.75, 3.05) is 6.61 Å². The molecule has 1 rings (SSSR count). The summed E-state index contributed by atoms with van der Waals surface area (Å²) in [5.41, 5.74) is 5.27. The molecule has 0 aliphatic carbocycles. The van der Waals surface area contributed by atoms with Crippen molar-refractivity contribution in [3.8, 4) is 0 Å². The second kappa shape index (κ2) is 7.73. The number of ether oxygens (including phenoxy) is 1. The summed E-state index contributed by atoms with van der Waals surface area (Å²) in [6.45, 7) is 2.73. The molecule has 0 aromatic carbocycles. The van der Waals surface area contributed by atoms with E-state index in [0.717, 1.165) is 4.57 Å². The number of nitrogens with one attached hydrogen (secondary N) is 1. The van der Waals surface area contributed by atoms with Crippen LogP contribution in [0.2, 0.25) is 0 Å². The summed E-state index contributed by atoms with van der Waals surface area (Å²) in [7, 11) is 0. The van der Waals surface area contributed by atoms with E-state index in [4.69, 9.17) is 18.0 Å². The maximum absolute atomic E-state index is 12.0. The van der Waals surface area contributed by atoms with Crippen molar-refractivity contribution in [3.63, 3.8) is 0 Å². The van der Waals surface area contributed by atoms with Crippen LogP contribution in [0.1, 0.15) is 25.1 Å². The number of halogens is 3. The summed E-state index contributed by atoms with van der Waals surface area (Å²) in [4.78, 5) is 25.6. The van der Waals surface area contributed by atoms with Crippen molar-refractivity contribution in [3.05, 3.63) is 26.4 Å². The van der Waals surface area contributed by atoms with Gasteiger partial charge in [-0.2, -0.15) is 0 Å². The van der Waals surface area contributed by atoms with Gasteiger partial charge in [-0.05, 0) is 12.3 Å². The van der Waals surface area contributed by atoms with Crippen molar-refractivity contribution in [1.82, 2.24) is 9.55 Å². The second-order valence-electron chi connectivity index (χ2n) is 5.38. The highest BCUT2D eigenvalue weighted by atomic mass is 32.1. The third-order valence-corrected chi connectivity index (χ3v) is 3.38. The first-order chi connectivity index (χ1) is 10.5. The molecular formula is C13H18F3N3O3S. The Morgan fingerprint density at radius 2 is 2.04 bits per heavy atom. The van der Waals surface area contributed by atoms with Crippen molar-refractivity contribution < 1.29 is 22.7 Å². The quantitative estimate of drug-likeness (QED) is 0.730. The number of carbonyl (C=O) groups excluding carboxylic acids is 1. The van der Waals surface area contributed by atoms with E-state index in [1.165, 1.54) is 0 Å². The average Bonchev–Trinajstić information content (AvgIpc) is 2.36. The van der Waals surface area contributed by atoms with E-state index in [9.17, 15) is 22.8 Å². The number of nitrogens with zero attached hydrogens (tertiary/aromatic N) is 1. The molecule has 0 aliphatic heterocycles. The number of amides is 1. The summed E-state index contributed by atoms with van der Waals surface area (Å²) < 4.78 is 40.8. The van der Waals surface area contributed by atoms with Gasteiger partial charge in [0.25, 0.3) is 0 Å². The van der Waals surface area contributed by atoms with Crippen molar-refractivity contribution in [2.24, 2.45) is 11.7 Å². The van der Waals surface area contributed by atoms with E-state index in [1.807, 2.05) is 13.8 Å². The number of rotatable bonds is 7. The molecule has 0 unspecified atom stereocenters. The van der Waals surface area contributed by atoms with E-state index in [1.54, 1.807) is 0 Å². The molecule has 6 nitrogen and oxygen atoms in total. The minimum absolute atomic E-state index is 0.0875. The van der Waals surface area contributed by atoms with Crippen LogP contribution in [0, 0.1) is 10.6 Å². The standard InChI is InChI=1S/C13H18F3N3O3S/c1-7(2)5-8-9(6-10(17)20)18-12(21)19(11(8)23)3-4-22-13(14,15)16/h7H,3-6H2,1-2H3,(H2,17,20)(H,18,21). The van der Waals surface area contributed by atoms with Gasteiger partial charge in [-0.1, -0.05) is 26.1 Å². The molecule has 0 aliphatic rings. The van der Waals surface area contributed by atoms with Gasteiger partial charge in [-0.3, -0.25) is 14.1 Å². The van der Waals surface area contributed by atoms with Gasteiger partial charge in [0.2, 0.25) is 5.91 Å². The Labute approximate surface area is 135 Å². The normalized spacial score (nSPS) is 11.9. The highest BCUT2D eigenvalue weighted by Gasteiger charge is 2.28. The van der Waals surface area contributed by atoms with Gasteiger partial charge in [-0.15, -0.1) is 13.2 Å². The number of carbonyl (C=O) groups is 1. The van der Waals surface area contributed by atoms with E-state index in [2.05, 4.69) is 9.72 Å². The molecule has 10 heteroatoms. The lowest BCUT2D eigenvalue weighted by atomic mass is 10.0. The van der Waals surface area contributed by atoms with E-state index in [-0.39, 0.29) is 23.5 Å². The zero-order chi connectivity index (χ0) is 17.8. The summed E-state index contributed by atoms with van der Waals surface area (Å²) in [6, 6.07) is 0. The minimum atomic E-state index is -4.78. The smallest absolute Gasteiger partial charge is 0.369 e. The zero-order valence-electron chi connectivity index (χ0n) is 12.7. The maximum Gasteiger partial charge on any atom is 0.522 e. The molecule has 130 valence electrons. The molecule has 1 aromatic rings. The Morgan fingerprint density at radius 1 is 1.43 bits per heavy atom. The van der Waals surface area contributed by atoms with Crippen LogP contribution in [0.15, 0.2) is 4.79 Å². The Balaban J connectivity index is 3.19. The monoisotopic (exact) mass is 353 g/mol. The lowest BCUT2D eigenvalue weighted by molar-refractivity contribution is -0.325. The molecule has 1 aromatic heterocycles. The van der Waals surface area contributed by atoms with Gasteiger partial charge in [-0.25, -0.2) is 4.79 Å². The lowest BCUT2D eigenvalue weighted by Crippen LogP contribution is -2.31. The Bertz CT molecular complexity index is 680. The average molecular weight is 353 g/mol. The number of H-pyrrole nitrogens is 1. The van der Waals surface area contributed by atoms with Gasteiger partial charge < -0.3 is 10.7 Å². The molecule has 3 N–H and O–H groups in total. The van der Waals surface area contributed by atoms with Crippen molar-refractivity contribution in [1.29, 1.82) is 0 Å². The highest BCUT2D eigenvalue weighted by Crippen LogP contribution is 2.17. The third kappa shape index (κ3) is 6.14. The van der Waals surface area contributed by atoms with Crippen molar-refractivity contribution in [2.45, 2.75) is 39.6 Å². The van der Waals surface area contributed by atoms with Gasteiger partial charge >= 0.3 is 12.1 Å². The first kappa shape index (κ1) is 19.4. The minimum Gasteiger partial charge on any atom is -0.369 e. The fourth-order valence-electron chi connectivity index (χ4n) is 2.06. The number of alkyl halides is 3. The molecule has 0 fully saturated rings. The number of hydrogen-bond donors (Lipinski definition) is 2. The van der Waals surface area contributed by atoms with Gasteiger partial charge in [0, 0.05) is 11.3 Å². The Hall–Kier alpha value is -1.68. The van der Waals surface area contributed by atoms with Crippen LogP contribution in [0.5, 0.6) is 0 Å². The summed E-state index contributed by atoms with van der Waals surface area (Å²) in [5, 5.41) is 0. The topological polar surface area (TPSA) is 90.1 Å². The maximum atomic E-state index is 12.0. The molecule has 0 saturated carbocycles. The van der Waals surface area contributed by atoms with Crippen LogP contribution in [-0.2, 0) is 28.9 Å². The Morgan fingerprint density at radius 3 is 2.52 bits per heavy atom. The van der Waals surface area contributed by atoms with Crippen LogP contribution in [0.3, 0.4) is 0 Å². The zero-order valence-corrected chi connectivity index (χ0v) is 13.5. The predicted molar refractivity (Wildman–Crippen MR) is 79.3 cm³/mol. The Kier molecular flexibility index (Phi) is 6.51. The third-order valence-electron chi connectivity index (χ3n) is 2.91. The highest BCUT2D eigenvalue weighted by molar-refractivity contribution is 7.71. The van der Waals surface area contributed by atoms with Crippen LogP contribution < -0.4 is 11.4 Å². The van der Waals surface area contributed by atoms with E-state index < -0.39 is 24.6 Å². The molecule has 1 heterocycles. The predicted octanol–water partition coefficient (Wildman–Crippen LogP) is 1.67. The number of nitrogens with two attached hydrogens (primary N) is 1. The van der Waals surface area contributed by atoms with Gasteiger partial charge in [0.1, 0.15) is 4.64 Å². The molecule has 0 saturated heterocycles. The molecule has 0 radical (unpaired) electrons.